The molecule has 0 saturated heterocycles. The fraction of sp³-hybridized carbons (Fsp3) is 0.0357. The number of ether oxygens (including phenoxy) is 3. The first-order valence-electron chi connectivity index (χ1n) is 10.7. The number of benzene rings is 4. The van der Waals surface area contributed by atoms with Crippen LogP contribution in [0.25, 0.3) is 16.8 Å². The molecule has 0 spiro atoms. The summed E-state index contributed by atoms with van der Waals surface area (Å²) in [5, 5.41) is 2.12. The number of aliphatic imine (C=N–C) groups is 1. The highest BCUT2D eigenvalue weighted by molar-refractivity contribution is 14.1. The normalized spacial score (nSPS) is 14.1. The lowest BCUT2D eigenvalue weighted by molar-refractivity contribution is -0.129. The number of hydrogen-bond donors (Lipinski definition) is 0. The molecule has 0 amide bonds. The molecule has 1 heterocycles. The van der Waals surface area contributed by atoms with Gasteiger partial charge in [0.1, 0.15) is 0 Å². The van der Waals surface area contributed by atoms with E-state index < -0.39 is 11.9 Å². The molecule has 6 nitrogen and oxygen atoms in total. The van der Waals surface area contributed by atoms with E-state index in [1.54, 1.807) is 42.5 Å². The van der Waals surface area contributed by atoms with Crippen molar-refractivity contribution in [2.75, 3.05) is 7.11 Å². The minimum atomic E-state index is -0.540. The maximum absolute atomic E-state index is 12.5. The lowest BCUT2D eigenvalue weighted by Crippen LogP contribution is -2.10. The lowest BCUT2D eigenvalue weighted by Gasteiger charge is -2.12. The van der Waals surface area contributed by atoms with Gasteiger partial charge in [-0.25, -0.2) is 14.6 Å². The fourth-order valence-electron chi connectivity index (χ4n) is 3.66. The number of halogens is 1. The molecule has 1 aliphatic heterocycles. The number of methoxy groups -OCH3 is 1. The maximum Gasteiger partial charge on any atom is 0.363 e. The van der Waals surface area contributed by atoms with Gasteiger partial charge in [0.15, 0.2) is 17.2 Å². The van der Waals surface area contributed by atoms with E-state index in [0.29, 0.717) is 26.2 Å². The van der Waals surface area contributed by atoms with E-state index in [2.05, 4.69) is 27.6 Å². The maximum atomic E-state index is 12.5. The monoisotopic (exact) mass is 575 g/mol. The van der Waals surface area contributed by atoms with Gasteiger partial charge in [0, 0.05) is 5.56 Å². The van der Waals surface area contributed by atoms with Crippen LogP contribution in [0.3, 0.4) is 0 Å². The Bertz CT molecular complexity index is 1530. The van der Waals surface area contributed by atoms with Crippen molar-refractivity contribution in [2.24, 2.45) is 4.99 Å². The summed E-state index contributed by atoms with van der Waals surface area (Å²) in [6.07, 6.45) is 1.61. The van der Waals surface area contributed by atoms with Crippen molar-refractivity contribution in [3.63, 3.8) is 0 Å². The molecule has 0 aromatic heterocycles. The second-order valence-electron chi connectivity index (χ2n) is 7.69. The standard InChI is InChI=1S/C28H18INO5/c1-33-24-15-17(13-22(29)25(24)34-27(31)19-8-3-2-4-9-19)14-23-28(32)35-26(30-23)21-12-11-18-7-5-6-10-20(18)16-21/h2-16H,1H3/b23-14-. The first-order chi connectivity index (χ1) is 17.0. The van der Waals surface area contributed by atoms with E-state index in [-0.39, 0.29) is 11.6 Å². The van der Waals surface area contributed by atoms with Gasteiger partial charge in [-0.1, -0.05) is 48.5 Å². The van der Waals surface area contributed by atoms with Gasteiger partial charge in [-0.2, -0.15) is 0 Å². The lowest BCUT2D eigenvalue weighted by atomic mass is 10.1. The zero-order chi connectivity index (χ0) is 24.4. The summed E-state index contributed by atoms with van der Waals surface area (Å²) >= 11 is 2.06. The van der Waals surface area contributed by atoms with Crippen LogP contribution >= 0.6 is 22.6 Å². The van der Waals surface area contributed by atoms with Crippen molar-refractivity contribution >= 4 is 57.3 Å². The first kappa shape index (κ1) is 22.8. The average molecular weight is 575 g/mol. The molecule has 0 bridgehead atoms. The van der Waals surface area contributed by atoms with Gasteiger partial charge in [-0.3, -0.25) is 0 Å². The van der Waals surface area contributed by atoms with Crippen LogP contribution in [0, 0.1) is 3.57 Å². The number of carbonyl (C=O) groups is 2. The fourth-order valence-corrected chi connectivity index (χ4v) is 4.40. The summed E-state index contributed by atoms with van der Waals surface area (Å²) in [5.41, 5.74) is 1.97. The number of cyclic esters (lactones) is 1. The first-order valence-corrected chi connectivity index (χ1v) is 11.8. The molecule has 0 unspecified atom stereocenters. The van der Waals surface area contributed by atoms with Gasteiger partial charge in [0.25, 0.3) is 0 Å². The highest BCUT2D eigenvalue weighted by Gasteiger charge is 2.25. The Morgan fingerprint density at radius 1 is 0.943 bits per heavy atom. The number of esters is 2. The summed E-state index contributed by atoms with van der Waals surface area (Å²) in [6.45, 7) is 0. The molecule has 0 N–H and O–H groups in total. The Balaban J connectivity index is 1.44. The van der Waals surface area contributed by atoms with E-state index in [0.717, 1.165) is 16.3 Å². The van der Waals surface area contributed by atoms with Gasteiger partial charge < -0.3 is 14.2 Å². The highest BCUT2D eigenvalue weighted by atomic mass is 127. The largest absolute Gasteiger partial charge is 0.493 e. The van der Waals surface area contributed by atoms with Gasteiger partial charge >= 0.3 is 11.9 Å². The van der Waals surface area contributed by atoms with Crippen LogP contribution in [0.4, 0.5) is 0 Å². The Kier molecular flexibility index (Phi) is 6.33. The van der Waals surface area contributed by atoms with Crippen LogP contribution in [-0.4, -0.2) is 24.9 Å². The van der Waals surface area contributed by atoms with E-state index in [1.807, 2.05) is 48.5 Å². The summed E-state index contributed by atoms with van der Waals surface area (Å²) in [5.74, 6) is -0.114. The molecule has 4 aromatic carbocycles. The van der Waals surface area contributed by atoms with Crippen LogP contribution in [0.15, 0.2) is 95.6 Å². The van der Waals surface area contributed by atoms with Gasteiger partial charge in [0.05, 0.1) is 16.2 Å². The van der Waals surface area contributed by atoms with Crippen LogP contribution in [0.2, 0.25) is 0 Å². The Morgan fingerprint density at radius 3 is 2.46 bits per heavy atom. The van der Waals surface area contributed by atoms with Crippen molar-refractivity contribution in [1.29, 1.82) is 0 Å². The highest BCUT2D eigenvalue weighted by Crippen LogP contribution is 2.35. The van der Waals surface area contributed by atoms with Crippen molar-refractivity contribution < 1.29 is 23.8 Å². The van der Waals surface area contributed by atoms with Crippen molar-refractivity contribution in [3.8, 4) is 11.5 Å². The minimum absolute atomic E-state index is 0.167. The summed E-state index contributed by atoms with van der Waals surface area (Å²) in [4.78, 5) is 29.5. The molecule has 0 radical (unpaired) electrons. The molecule has 5 rings (SSSR count). The third-order valence-corrected chi connectivity index (χ3v) is 6.18. The second kappa shape index (κ2) is 9.71. The molecule has 4 aromatic rings. The zero-order valence-electron chi connectivity index (χ0n) is 18.5. The van der Waals surface area contributed by atoms with Gasteiger partial charge in [0.2, 0.25) is 5.90 Å². The third-order valence-electron chi connectivity index (χ3n) is 5.38. The Labute approximate surface area is 215 Å². The summed E-state index contributed by atoms with van der Waals surface area (Å²) < 4.78 is 17.1. The zero-order valence-corrected chi connectivity index (χ0v) is 20.7. The molecule has 0 fully saturated rings. The number of carbonyl (C=O) groups excluding carboxylic acids is 2. The smallest absolute Gasteiger partial charge is 0.363 e. The molecular weight excluding hydrogens is 557 g/mol. The minimum Gasteiger partial charge on any atom is -0.493 e. The number of fused-ring (bicyclic) bond motifs is 1. The van der Waals surface area contributed by atoms with E-state index in [4.69, 9.17) is 14.2 Å². The van der Waals surface area contributed by atoms with E-state index in [1.165, 1.54) is 7.11 Å². The average Bonchev–Trinajstić information content (AvgIpc) is 3.25. The van der Waals surface area contributed by atoms with Gasteiger partial charge in [-0.15, -0.1) is 0 Å². The SMILES string of the molecule is COc1cc(/C=C2\N=C(c3ccc4ccccc4c3)OC2=O)cc(I)c1OC(=O)c1ccccc1. The number of hydrogen-bond acceptors (Lipinski definition) is 6. The molecule has 0 aliphatic carbocycles. The predicted molar refractivity (Wildman–Crippen MR) is 142 cm³/mol. The van der Waals surface area contributed by atoms with E-state index >= 15 is 0 Å². The predicted octanol–water partition coefficient (Wildman–Crippen LogP) is 6.02. The second-order valence-corrected chi connectivity index (χ2v) is 8.85. The topological polar surface area (TPSA) is 74.2 Å². The van der Waals surface area contributed by atoms with Crippen LogP contribution in [0.5, 0.6) is 11.5 Å². The molecule has 0 atom stereocenters. The van der Waals surface area contributed by atoms with Crippen molar-refractivity contribution in [3.05, 3.63) is 111 Å². The quantitative estimate of drug-likeness (QED) is 0.126. The van der Waals surface area contributed by atoms with Gasteiger partial charge in [-0.05, 0) is 81.4 Å². The molecular formula is C28H18INO5. The van der Waals surface area contributed by atoms with Crippen molar-refractivity contribution in [2.45, 2.75) is 0 Å². The van der Waals surface area contributed by atoms with Crippen LogP contribution in [-0.2, 0) is 9.53 Å². The molecule has 7 heteroatoms. The Hall–Kier alpha value is -3.98. The van der Waals surface area contributed by atoms with Crippen molar-refractivity contribution in [1.82, 2.24) is 0 Å². The summed E-state index contributed by atoms with van der Waals surface area (Å²) in [7, 11) is 1.49. The van der Waals surface area contributed by atoms with Crippen LogP contribution < -0.4 is 9.47 Å². The molecule has 0 saturated carbocycles. The molecule has 1 aliphatic rings. The number of rotatable bonds is 5. The Morgan fingerprint density at radius 2 is 1.69 bits per heavy atom. The summed E-state index contributed by atoms with van der Waals surface area (Å²) in [6, 6.07) is 25.9. The molecule has 172 valence electrons. The van der Waals surface area contributed by atoms with E-state index in [9.17, 15) is 9.59 Å². The third kappa shape index (κ3) is 4.81. The number of nitrogens with zero attached hydrogens (tertiary/aromatic N) is 1. The molecule has 35 heavy (non-hydrogen) atoms. The van der Waals surface area contributed by atoms with Crippen LogP contribution in [0.1, 0.15) is 21.5 Å².